The summed E-state index contributed by atoms with van der Waals surface area (Å²) in [5.41, 5.74) is 1.44. The molecule has 1 rings (SSSR count). The van der Waals surface area contributed by atoms with E-state index in [0.717, 1.165) is 0 Å². The van der Waals surface area contributed by atoms with E-state index in [1.807, 2.05) is 0 Å². The molecule has 0 N–H and O–H groups in total. The fraction of sp³-hybridized carbons (Fsp3) is 0.375. The van der Waals surface area contributed by atoms with Gasteiger partial charge in [0, 0.05) is 35.6 Å². The Morgan fingerprint density at radius 3 is 1.78 bits per heavy atom. The van der Waals surface area contributed by atoms with Crippen LogP contribution in [0.25, 0.3) is 0 Å². The Balaban J connectivity index is 0.000000640. The van der Waals surface area contributed by atoms with Crippen molar-refractivity contribution in [2.45, 2.75) is 19.8 Å². The average Bonchev–Trinajstić information content (AvgIpc) is 2.12. The largest absolute Gasteiger partial charge is 0.213 e. The van der Waals surface area contributed by atoms with Crippen molar-refractivity contribution in [3.63, 3.8) is 0 Å². The van der Waals surface area contributed by atoms with E-state index in [2.05, 4.69) is 38.1 Å². The van der Waals surface area contributed by atoms with Crippen LogP contribution in [0.1, 0.15) is 25.3 Å². The van der Waals surface area contributed by atoms with Crippen LogP contribution in [0.4, 0.5) is 0 Å². The molecule has 0 amide bonds. The molecule has 0 atom stereocenters. The first-order valence-corrected chi connectivity index (χ1v) is 3.02. The molecule has 1 radical (unpaired) electrons. The third-order valence-corrected chi connectivity index (χ3v) is 1.36. The van der Waals surface area contributed by atoms with Gasteiger partial charge in [-0.2, -0.15) is 17.7 Å². The minimum Gasteiger partial charge on any atom is -0.213 e. The molecule has 0 spiro atoms. The fourth-order valence-electron chi connectivity index (χ4n) is 0.774. The molecule has 0 saturated heterocycles. The predicted molar refractivity (Wildman–Crippen MR) is 36.1 cm³/mol. The first-order chi connectivity index (χ1) is 3.80. The summed E-state index contributed by atoms with van der Waals surface area (Å²) >= 11 is 0. The molecule has 0 aliphatic heterocycles. The van der Waals surface area contributed by atoms with Crippen LogP contribution in [0.5, 0.6) is 0 Å². The van der Waals surface area contributed by atoms with Gasteiger partial charge in [0.1, 0.15) is 0 Å². The van der Waals surface area contributed by atoms with Crippen LogP contribution in [-0.2, 0) is 0 Å². The van der Waals surface area contributed by atoms with Gasteiger partial charge in [-0.15, -0.1) is 0 Å². The van der Waals surface area contributed by atoms with Crippen molar-refractivity contribution >= 4 is 0 Å². The third-order valence-electron chi connectivity index (χ3n) is 1.36. The molecule has 47 valence electrons. The standard InChI is InChI=1S/C8H11.La/c1-7(2)8-5-3-4-6-8;/h3-7H,1-2H3;/q-1;. The molecule has 0 aromatic heterocycles. The SMILES string of the molecule is CC(C)[c-]1cccc1.[La]. The van der Waals surface area contributed by atoms with E-state index < -0.39 is 0 Å². The van der Waals surface area contributed by atoms with Crippen molar-refractivity contribution in [3.8, 4) is 0 Å². The summed E-state index contributed by atoms with van der Waals surface area (Å²) in [6, 6.07) is 8.47. The zero-order chi connectivity index (χ0) is 5.98. The second-order valence-corrected chi connectivity index (χ2v) is 2.37. The topological polar surface area (TPSA) is 0 Å². The summed E-state index contributed by atoms with van der Waals surface area (Å²) in [7, 11) is 0. The molecule has 0 aliphatic rings. The summed E-state index contributed by atoms with van der Waals surface area (Å²) < 4.78 is 0. The molecule has 0 saturated carbocycles. The second-order valence-electron chi connectivity index (χ2n) is 2.37. The molecule has 1 heteroatoms. The maximum Gasteiger partial charge on any atom is 0 e. The van der Waals surface area contributed by atoms with Crippen molar-refractivity contribution < 1.29 is 35.6 Å². The maximum absolute atomic E-state index is 2.20. The fourth-order valence-corrected chi connectivity index (χ4v) is 0.774. The van der Waals surface area contributed by atoms with Crippen molar-refractivity contribution in [1.29, 1.82) is 0 Å². The van der Waals surface area contributed by atoms with E-state index in [4.69, 9.17) is 0 Å². The van der Waals surface area contributed by atoms with Crippen LogP contribution in [0.3, 0.4) is 0 Å². The van der Waals surface area contributed by atoms with Gasteiger partial charge in [-0.05, 0) is 0 Å². The Morgan fingerprint density at radius 2 is 1.56 bits per heavy atom. The van der Waals surface area contributed by atoms with Crippen LogP contribution in [0.15, 0.2) is 24.3 Å². The van der Waals surface area contributed by atoms with Gasteiger partial charge in [0.25, 0.3) is 0 Å². The van der Waals surface area contributed by atoms with E-state index in [-0.39, 0.29) is 35.6 Å². The van der Waals surface area contributed by atoms with E-state index in [9.17, 15) is 0 Å². The molecule has 0 fully saturated rings. The summed E-state index contributed by atoms with van der Waals surface area (Å²) in [5, 5.41) is 0. The molecule has 1 aromatic carbocycles. The van der Waals surface area contributed by atoms with Crippen molar-refractivity contribution in [1.82, 2.24) is 0 Å². The van der Waals surface area contributed by atoms with Crippen molar-refractivity contribution in [2.75, 3.05) is 0 Å². The molecule has 0 bridgehead atoms. The van der Waals surface area contributed by atoms with Crippen molar-refractivity contribution in [3.05, 3.63) is 29.8 Å². The van der Waals surface area contributed by atoms with Gasteiger partial charge < -0.3 is 0 Å². The molecule has 1 aromatic rings. The Labute approximate surface area is 84.6 Å². The molecule has 9 heavy (non-hydrogen) atoms. The normalized spacial score (nSPS) is 9.22. The quantitative estimate of drug-likeness (QED) is 0.668. The maximum atomic E-state index is 2.20. The van der Waals surface area contributed by atoms with Crippen LogP contribution >= 0.6 is 0 Å². The van der Waals surface area contributed by atoms with Crippen LogP contribution < -0.4 is 0 Å². The van der Waals surface area contributed by atoms with Gasteiger partial charge in [-0.1, -0.05) is 19.8 Å². The van der Waals surface area contributed by atoms with Gasteiger partial charge in [0.2, 0.25) is 0 Å². The summed E-state index contributed by atoms with van der Waals surface area (Å²) in [4.78, 5) is 0. The summed E-state index contributed by atoms with van der Waals surface area (Å²) in [6.07, 6.45) is 0. The monoisotopic (exact) mass is 246 g/mol. The van der Waals surface area contributed by atoms with Gasteiger partial charge in [0.15, 0.2) is 0 Å². The van der Waals surface area contributed by atoms with Gasteiger partial charge in [-0.3, -0.25) is 0 Å². The Hall–Kier alpha value is 0.545. The van der Waals surface area contributed by atoms with Gasteiger partial charge >= 0.3 is 0 Å². The van der Waals surface area contributed by atoms with E-state index in [0.29, 0.717) is 5.92 Å². The zero-order valence-corrected chi connectivity index (χ0v) is 9.59. The van der Waals surface area contributed by atoms with E-state index in [1.165, 1.54) is 5.56 Å². The summed E-state index contributed by atoms with van der Waals surface area (Å²) in [5.74, 6) is 0.685. The number of hydrogen-bond donors (Lipinski definition) is 0. The second kappa shape index (κ2) is 4.37. The van der Waals surface area contributed by atoms with Crippen LogP contribution in [0.2, 0.25) is 0 Å². The first kappa shape index (κ1) is 9.54. The van der Waals surface area contributed by atoms with Crippen LogP contribution in [-0.4, -0.2) is 0 Å². The number of hydrogen-bond acceptors (Lipinski definition) is 0. The van der Waals surface area contributed by atoms with Gasteiger partial charge in [0.05, 0.1) is 0 Å². The molecule has 0 aliphatic carbocycles. The Morgan fingerprint density at radius 1 is 1.11 bits per heavy atom. The minimum atomic E-state index is 0. The average molecular weight is 246 g/mol. The van der Waals surface area contributed by atoms with E-state index in [1.54, 1.807) is 0 Å². The Kier molecular flexibility index (Phi) is 4.64. The Bertz CT molecular complexity index is 140. The van der Waals surface area contributed by atoms with Gasteiger partial charge in [-0.25, -0.2) is 12.1 Å². The third kappa shape index (κ3) is 2.75. The zero-order valence-electron chi connectivity index (χ0n) is 5.96. The molecular formula is C8H11La-. The smallest absolute Gasteiger partial charge is 0 e. The van der Waals surface area contributed by atoms with Crippen LogP contribution in [0, 0.1) is 35.6 Å². The number of rotatable bonds is 1. The van der Waals surface area contributed by atoms with E-state index >= 15 is 0 Å². The molecule has 0 unspecified atom stereocenters. The van der Waals surface area contributed by atoms with Crippen molar-refractivity contribution in [2.24, 2.45) is 0 Å². The predicted octanol–water partition coefficient (Wildman–Crippen LogP) is 2.53. The molecule has 0 heterocycles. The molecule has 0 nitrogen and oxygen atoms in total. The minimum absolute atomic E-state index is 0. The first-order valence-electron chi connectivity index (χ1n) is 3.02. The summed E-state index contributed by atoms with van der Waals surface area (Å²) in [6.45, 7) is 4.41. The molecular weight excluding hydrogens is 235 g/mol.